The average molecular weight is 557 g/mol. The Morgan fingerprint density at radius 2 is 1.62 bits per heavy atom. The van der Waals surface area contributed by atoms with E-state index in [9.17, 15) is 44.7 Å². The van der Waals surface area contributed by atoms with Gasteiger partial charge in [0.25, 0.3) is 11.8 Å². The Balaban J connectivity index is 1.93. The zero-order chi connectivity index (χ0) is 27.8. The number of alkyl halides is 8. The number of hydrogen-bond donors (Lipinski definition) is 2. The van der Waals surface area contributed by atoms with Crippen LogP contribution in [0.1, 0.15) is 37.9 Å². The first-order chi connectivity index (χ1) is 17.0. The van der Waals surface area contributed by atoms with E-state index < -0.39 is 47.0 Å². The summed E-state index contributed by atoms with van der Waals surface area (Å²) < 4.78 is 107. The predicted molar refractivity (Wildman–Crippen MR) is 111 cm³/mol. The SMILES string of the molecule is Cn1nc(C(F)(F)C(F)(F)F)c(C(F)(F)F)c1C(=O)Nc1ccc(Cl)c(C(=O)NCc2ncccn2)c1. The Morgan fingerprint density at radius 1 is 1.00 bits per heavy atom. The number of hydrogen-bond acceptors (Lipinski definition) is 5. The summed E-state index contributed by atoms with van der Waals surface area (Å²) in [4.78, 5) is 32.9. The molecule has 3 aromatic rings. The van der Waals surface area contributed by atoms with Crippen molar-refractivity contribution in [2.24, 2.45) is 7.05 Å². The van der Waals surface area contributed by atoms with E-state index in [2.05, 4.69) is 20.4 Å². The Bertz CT molecular complexity index is 1320. The van der Waals surface area contributed by atoms with Gasteiger partial charge in [-0.25, -0.2) is 9.97 Å². The number of aryl methyl sites for hydroxylation is 1. The fourth-order valence-corrected chi connectivity index (χ4v) is 3.25. The molecule has 2 N–H and O–H groups in total. The number of amides is 2. The maximum Gasteiger partial charge on any atom is 0.459 e. The molecule has 0 radical (unpaired) electrons. The number of halogens is 9. The van der Waals surface area contributed by atoms with Crippen LogP contribution in [0, 0.1) is 0 Å². The van der Waals surface area contributed by atoms with Crippen molar-refractivity contribution in [3.8, 4) is 0 Å². The molecule has 3 rings (SSSR count). The van der Waals surface area contributed by atoms with Gasteiger partial charge in [0, 0.05) is 25.1 Å². The summed E-state index contributed by atoms with van der Waals surface area (Å²) >= 11 is 5.98. The lowest BCUT2D eigenvalue weighted by molar-refractivity contribution is -0.292. The van der Waals surface area contributed by atoms with Gasteiger partial charge in [-0.1, -0.05) is 11.6 Å². The Kier molecular flexibility index (Phi) is 7.44. The lowest BCUT2D eigenvalue weighted by Gasteiger charge is -2.19. The first-order valence-electron chi connectivity index (χ1n) is 9.78. The van der Waals surface area contributed by atoms with Crippen LogP contribution in [0.2, 0.25) is 5.02 Å². The van der Waals surface area contributed by atoms with Crippen molar-refractivity contribution in [3.05, 3.63) is 70.0 Å². The quantitative estimate of drug-likeness (QED) is 0.428. The third kappa shape index (κ3) is 5.79. The molecule has 8 nitrogen and oxygen atoms in total. The first kappa shape index (κ1) is 27.8. The van der Waals surface area contributed by atoms with E-state index in [1.54, 1.807) is 0 Å². The summed E-state index contributed by atoms with van der Waals surface area (Å²) in [6.07, 6.45) is -9.39. The second-order valence-corrected chi connectivity index (χ2v) is 7.67. The highest BCUT2D eigenvalue weighted by Crippen LogP contribution is 2.48. The molecule has 1 aromatic carbocycles. The van der Waals surface area contributed by atoms with E-state index in [-0.39, 0.29) is 33.3 Å². The van der Waals surface area contributed by atoms with Crippen molar-refractivity contribution in [1.29, 1.82) is 0 Å². The average Bonchev–Trinajstić information content (AvgIpc) is 3.17. The molecule has 2 aromatic heterocycles. The van der Waals surface area contributed by atoms with Gasteiger partial charge in [-0.2, -0.15) is 40.2 Å². The number of nitrogens with zero attached hydrogens (tertiary/aromatic N) is 4. The van der Waals surface area contributed by atoms with E-state index in [4.69, 9.17) is 11.6 Å². The smallest absolute Gasteiger partial charge is 0.345 e. The molecule has 0 atom stereocenters. The lowest BCUT2D eigenvalue weighted by Crippen LogP contribution is -2.36. The van der Waals surface area contributed by atoms with Gasteiger partial charge in [-0.15, -0.1) is 0 Å². The monoisotopic (exact) mass is 556 g/mol. The van der Waals surface area contributed by atoms with Crippen LogP contribution < -0.4 is 10.6 Å². The van der Waals surface area contributed by atoms with Gasteiger partial charge in [0.1, 0.15) is 17.1 Å². The minimum atomic E-state index is -6.42. The van der Waals surface area contributed by atoms with Gasteiger partial charge in [0.05, 0.1) is 17.1 Å². The van der Waals surface area contributed by atoms with Crippen LogP contribution in [-0.4, -0.2) is 37.7 Å². The third-order valence-corrected chi connectivity index (χ3v) is 5.02. The van der Waals surface area contributed by atoms with Gasteiger partial charge < -0.3 is 10.6 Å². The normalized spacial score (nSPS) is 12.4. The molecular formula is C20H13ClF8N6O2. The van der Waals surface area contributed by atoms with Gasteiger partial charge in [0.2, 0.25) is 0 Å². The summed E-state index contributed by atoms with van der Waals surface area (Å²) in [5.74, 6) is -8.30. The van der Waals surface area contributed by atoms with Crippen LogP contribution in [0.5, 0.6) is 0 Å². The third-order valence-electron chi connectivity index (χ3n) is 4.69. The molecule has 0 saturated carbocycles. The van der Waals surface area contributed by atoms with Crippen LogP contribution in [0.15, 0.2) is 36.7 Å². The first-order valence-corrected chi connectivity index (χ1v) is 10.2. The predicted octanol–water partition coefficient (Wildman–Crippen LogP) is 4.72. The zero-order valence-corrected chi connectivity index (χ0v) is 18.9. The standard InChI is InChI=1S/C20H13ClF8N6O2/c1-35-14(13(19(24,25)26)15(34-35)18(22,23)20(27,28)29)17(37)33-9-3-4-11(21)10(7-9)16(36)32-8-12-30-5-2-6-31-12/h2-7H,8H2,1H3,(H,32,36)(H,33,37). The molecule has 37 heavy (non-hydrogen) atoms. The lowest BCUT2D eigenvalue weighted by atomic mass is 10.1. The zero-order valence-electron chi connectivity index (χ0n) is 18.2. The van der Waals surface area contributed by atoms with Gasteiger partial charge in [-0.05, 0) is 24.3 Å². The summed E-state index contributed by atoms with van der Waals surface area (Å²) in [5.41, 5.74) is -7.44. The Morgan fingerprint density at radius 3 is 2.19 bits per heavy atom. The van der Waals surface area contributed by atoms with Gasteiger partial charge in [-0.3, -0.25) is 14.3 Å². The summed E-state index contributed by atoms with van der Waals surface area (Å²) in [6, 6.07) is 4.65. The van der Waals surface area contributed by atoms with Crippen molar-refractivity contribution in [2.75, 3.05) is 5.32 Å². The van der Waals surface area contributed by atoms with Crippen LogP contribution in [0.3, 0.4) is 0 Å². The number of aromatic nitrogens is 4. The van der Waals surface area contributed by atoms with E-state index in [1.165, 1.54) is 18.5 Å². The molecule has 0 saturated heterocycles. The van der Waals surface area contributed by atoms with Crippen LogP contribution in [0.25, 0.3) is 0 Å². The van der Waals surface area contributed by atoms with E-state index >= 15 is 0 Å². The van der Waals surface area contributed by atoms with E-state index in [0.717, 1.165) is 18.2 Å². The molecule has 0 bridgehead atoms. The van der Waals surface area contributed by atoms with E-state index in [1.807, 2.05) is 5.32 Å². The maximum absolute atomic E-state index is 13.8. The summed E-state index contributed by atoms with van der Waals surface area (Å²) in [5, 5.41) is 6.88. The fraction of sp³-hybridized carbons (Fsp3) is 0.250. The van der Waals surface area contributed by atoms with Crippen molar-refractivity contribution < 1.29 is 44.7 Å². The number of carbonyl (C=O) groups excluding carboxylic acids is 2. The molecule has 0 fully saturated rings. The van der Waals surface area contributed by atoms with Crippen molar-refractivity contribution >= 4 is 29.1 Å². The minimum Gasteiger partial charge on any atom is -0.345 e. The Hall–Kier alpha value is -3.82. The summed E-state index contributed by atoms with van der Waals surface area (Å²) in [6.45, 7) is -0.132. The highest BCUT2D eigenvalue weighted by molar-refractivity contribution is 6.34. The number of benzene rings is 1. The van der Waals surface area contributed by atoms with Gasteiger partial charge >= 0.3 is 18.3 Å². The van der Waals surface area contributed by atoms with E-state index in [0.29, 0.717) is 7.05 Å². The molecule has 2 heterocycles. The van der Waals surface area contributed by atoms with Crippen molar-refractivity contribution in [1.82, 2.24) is 25.1 Å². The van der Waals surface area contributed by atoms with Crippen molar-refractivity contribution in [3.63, 3.8) is 0 Å². The fourth-order valence-electron chi connectivity index (χ4n) is 3.05. The van der Waals surface area contributed by atoms with Crippen LogP contribution in [0.4, 0.5) is 40.8 Å². The molecule has 0 unspecified atom stereocenters. The highest BCUT2D eigenvalue weighted by Gasteiger charge is 2.64. The molecule has 0 aliphatic heterocycles. The summed E-state index contributed by atoms with van der Waals surface area (Å²) in [7, 11) is 0.590. The molecule has 0 spiro atoms. The number of anilines is 1. The Labute approximate surface area is 206 Å². The van der Waals surface area contributed by atoms with Crippen LogP contribution in [-0.2, 0) is 25.7 Å². The highest BCUT2D eigenvalue weighted by atomic mass is 35.5. The van der Waals surface area contributed by atoms with Crippen molar-refractivity contribution in [2.45, 2.75) is 24.8 Å². The molecule has 17 heteroatoms. The molecule has 0 aliphatic carbocycles. The van der Waals surface area contributed by atoms with Crippen LogP contribution >= 0.6 is 11.6 Å². The maximum atomic E-state index is 13.8. The largest absolute Gasteiger partial charge is 0.459 e. The minimum absolute atomic E-state index is 0.0451. The molecule has 198 valence electrons. The molecule has 0 aliphatic rings. The topological polar surface area (TPSA) is 102 Å². The second kappa shape index (κ2) is 9.91. The number of nitrogens with one attached hydrogen (secondary N) is 2. The molecular weight excluding hydrogens is 544 g/mol. The molecule has 2 amide bonds. The number of carbonyl (C=O) groups is 2. The second-order valence-electron chi connectivity index (χ2n) is 7.26. The van der Waals surface area contributed by atoms with Gasteiger partial charge in [0.15, 0.2) is 5.69 Å². The number of rotatable bonds is 6.